The first-order chi connectivity index (χ1) is 8.38. The Hall–Kier alpha value is -1.28. The lowest BCUT2D eigenvalue weighted by Crippen LogP contribution is -2.47. The lowest BCUT2D eigenvalue weighted by atomic mass is 10.0. The predicted molar refractivity (Wildman–Crippen MR) is 76.7 cm³/mol. The van der Waals surface area contributed by atoms with Gasteiger partial charge in [0.05, 0.1) is 0 Å². The summed E-state index contributed by atoms with van der Waals surface area (Å²) < 4.78 is 0. The molecule has 0 heterocycles. The monoisotopic (exact) mass is 265 g/mol. The second-order valence-electron chi connectivity index (χ2n) is 5.18. The Morgan fingerprint density at radius 1 is 1.39 bits per heavy atom. The summed E-state index contributed by atoms with van der Waals surface area (Å²) in [6, 6.07) is 9.40. The van der Waals surface area contributed by atoms with E-state index < -0.39 is 5.38 Å². The molecule has 0 aromatic heterocycles. The molecular formula is C15H20ClNO. The Kier molecular flexibility index (Phi) is 4.97. The molecule has 2 nitrogen and oxygen atoms in total. The van der Waals surface area contributed by atoms with E-state index in [0.717, 1.165) is 5.56 Å². The van der Waals surface area contributed by atoms with Gasteiger partial charge in [0.15, 0.2) is 0 Å². The molecule has 1 aromatic carbocycles. The number of halogens is 1. The largest absolute Gasteiger partial charge is 0.333 e. The molecule has 98 valence electrons. The number of benzene rings is 1. The minimum Gasteiger partial charge on any atom is -0.333 e. The van der Waals surface area contributed by atoms with Crippen LogP contribution in [0.5, 0.6) is 0 Å². The van der Waals surface area contributed by atoms with Crippen LogP contribution in [-0.4, -0.2) is 22.9 Å². The van der Waals surface area contributed by atoms with Crippen LogP contribution in [0.4, 0.5) is 0 Å². The maximum atomic E-state index is 12.4. The zero-order chi connectivity index (χ0) is 13.8. The summed E-state index contributed by atoms with van der Waals surface area (Å²) in [6.45, 7) is 10.2. The molecule has 0 saturated carbocycles. The van der Waals surface area contributed by atoms with Crippen LogP contribution < -0.4 is 0 Å². The van der Waals surface area contributed by atoms with Gasteiger partial charge < -0.3 is 4.90 Å². The fourth-order valence-electron chi connectivity index (χ4n) is 1.72. The summed E-state index contributed by atoms with van der Waals surface area (Å²) in [6.07, 6.45) is 1.72. The van der Waals surface area contributed by atoms with Crippen LogP contribution in [0.25, 0.3) is 0 Å². The summed E-state index contributed by atoms with van der Waals surface area (Å²) in [4.78, 5) is 14.2. The number of hydrogen-bond donors (Lipinski definition) is 0. The van der Waals surface area contributed by atoms with Gasteiger partial charge in [0, 0.05) is 12.1 Å². The van der Waals surface area contributed by atoms with Gasteiger partial charge in [-0.2, -0.15) is 0 Å². The molecule has 0 radical (unpaired) electrons. The van der Waals surface area contributed by atoms with Crippen LogP contribution in [0.1, 0.15) is 31.7 Å². The molecule has 0 aliphatic heterocycles. The third-order valence-electron chi connectivity index (χ3n) is 2.70. The molecule has 1 unspecified atom stereocenters. The van der Waals surface area contributed by atoms with Crippen molar-refractivity contribution < 1.29 is 4.79 Å². The zero-order valence-corrected chi connectivity index (χ0v) is 11.9. The molecule has 18 heavy (non-hydrogen) atoms. The highest BCUT2D eigenvalue weighted by molar-refractivity contribution is 6.30. The topological polar surface area (TPSA) is 20.3 Å². The predicted octanol–water partition coefficient (Wildman–Crippen LogP) is 3.78. The number of carbonyl (C=O) groups excluding carboxylic acids is 1. The molecule has 0 saturated heterocycles. The summed E-state index contributed by atoms with van der Waals surface area (Å²) in [5.74, 6) is -0.0877. The molecule has 0 aliphatic carbocycles. The molecule has 1 rings (SSSR count). The summed E-state index contributed by atoms with van der Waals surface area (Å²) >= 11 is 6.27. The van der Waals surface area contributed by atoms with Gasteiger partial charge in [-0.3, -0.25) is 4.79 Å². The molecule has 1 aromatic rings. The number of hydrogen-bond acceptors (Lipinski definition) is 1. The number of nitrogens with zero attached hydrogens (tertiary/aromatic N) is 1. The van der Waals surface area contributed by atoms with E-state index in [2.05, 4.69) is 6.58 Å². The third-order valence-corrected chi connectivity index (χ3v) is 3.14. The van der Waals surface area contributed by atoms with Crippen LogP contribution in [-0.2, 0) is 4.79 Å². The number of rotatable bonds is 4. The first-order valence-corrected chi connectivity index (χ1v) is 6.43. The number of alkyl halides is 1. The van der Waals surface area contributed by atoms with Crippen molar-refractivity contribution in [3.05, 3.63) is 48.6 Å². The third kappa shape index (κ3) is 3.61. The van der Waals surface area contributed by atoms with E-state index in [0.29, 0.717) is 6.54 Å². The van der Waals surface area contributed by atoms with Gasteiger partial charge >= 0.3 is 0 Å². The molecule has 1 atom stereocenters. The van der Waals surface area contributed by atoms with Gasteiger partial charge in [-0.1, -0.05) is 36.4 Å². The maximum absolute atomic E-state index is 12.4. The van der Waals surface area contributed by atoms with Gasteiger partial charge in [0.25, 0.3) is 0 Å². The molecule has 0 aliphatic rings. The molecule has 3 heteroatoms. The lowest BCUT2D eigenvalue weighted by Gasteiger charge is -2.36. The maximum Gasteiger partial charge on any atom is 0.245 e. The van der Waals surface area contributed by atoms with E-state index in [1.165, 1.54) is 0 Å². The fourth-order valence-corrected chi connectivity index (χ4v) is 1.99. The first kappa shape index (κ1) is 14.8. The molecule has 0 bridgehead atoms. The van der Waals surface area contributed by atoms with Crippen LogP contribution in [0.3, 0.4) is 0 Å². The zero-order valence-electron chi connectivity index (χ0n) is 11.2. The Balaban J connectivity index is 2.94. The average molecular weight is 266 g/mol. The van der Waals surface area contributed by atoms with Crippen LogP contribution in [0.15, 0.2) is 43.0 Å². The van der Waals surface area contributed by atoms with Crippen molar-refractivity contribution in [1.82, 2.24) is 4.90 Å². The van der Waals surface area contributed by atoms with Gasteiger partial charge in [0.1, 0.15) is 5.38 Å². The number of carbonyl (C=O) groups is 1. The van der Waals surface area contributed by atoms with Crippen LogP contribution in [0, 0.1) is 0 Å². The minimum absolute atomic E-state index is 0.0877. The summed E-state index contributed by atoms with van der Waals surface area (Å²) in [5, 5.41) is -0.648. The van der Waals surface area contributed by atoms with E-state index in [1.54, 1.807) is 11.0 Å². The standard InChI is InChI=1S/C15H20ClNO/c1-5-11-17(15(2,3)4)14(18)13(16)12-9-7-6-8-10-12/h5-10,13H,1,11H2,2-4H3. The lowest BCUT2D eigenvalue weighted by molar-refractivity contribution is -0.134. The van der Waals surface area contributed by atoms with Crippen molar-refractivity contribution in [2.75, 3.05) is 6.54 Å². The normalized spacial score (nSPS) is 12.9. The Bertz CT molecular complexity index is 408. The highest BCUT2D eigenvalue weighted by atomic mass is 35.5. The quantitative estimate of drug-likeness (QED) is 0.599. The number of amides is 1. The summed E-state index contributed by atoms with van der Waals surface area (Å²) in [7, 11) is 0. The van der Waals surface area contributed by atoms with Gasteiger partial charge in [0.2, 0.25) is 5.91 Å². The van der Waals surface area contributed by atoms with E-state index in [9.17, 15) is 4.79 Å². The van der Waals surface area contributed by atoms with Crippen LogP contribution in [0.2, 0.25) is 0 Å². The SMILES string of the molecule is C=CCN(C(=O)C(Cl)c1ccccc1)C(C)(C)C. The van der Waals surface area contributed by atoms with Crippen LogP contribution >= 0.6 is 11.6 Å². The Morgan fingerprint density at radius 3 is 2.39 bits per heavy atom. The highest BCUT2D eigenvalue weighted by Gasteiger charge is 2.30. The van der Waals surface area contributed by atoms with E-state index >= 15 is 0 Å². The molecule has 0 N–H and O–H groups in total. The highest BCUT2D eigenvalue weighted by Crippen LogP contribution is 2.26. The van der Waals surface area contributed by atoms with E-state index in [4.69, 9.17) is 11.6 Å². The molecular weight excluding hydrogens is 246 g/mol. The molecule has 0 spiro atoms. The Morgan fingerprint density at radius 2 is 1.94 bits per heavy atom. The second-order valence-corrected chi connectivity index (χ2v) is 5.62. The van der Waals surface area contributed by atoms with Gasteiger partial charge in [-0.25, -0.2) is 0 Å². The first-order valence-electron chi connectivity index (χ1n) is 5.99. The Labute approximate surface area is 114 Å². The fraction of sp³-hybridized carbons (Fsp3) is 0.400. The second kappa shape index (κ2) is 6.05. The van der Waals surface area contributed by atoms with Crippen molar-refractivity contribution in [3.63, 3.8) is 0 Å². The van der Waals surface area contributed by atoms with Gasteiger partial charge in [-0.15, -0.1) is 18.2 Å². The smallest absolute Gasteiger partial charge is 0.245 e. The van der Waals surface area contributed by atoms with Crippen molar-refractivity contribution in [1.29, 1.82) is 0 Å². The molecule has 0 fully saturated rings. The van der Waals surface area contributed by atoms with Crippen molar-refractivity contribution in [2.45, 2.75) is 31.7 Å². The van der Waals surface area contributed by atoms with Crippen molar-refractivity contribution >= 4 is 17.5 Å². The minimum atomic E-state index is -0.648. The van der Waals surface area contributed by atoms with Crippen molar-refractivity contribution in [3.8, 4) is 0 Å². The average Bonchev–Trinajstić information content (AvgIpc) is 2.34. The van der Waals surface area contributed by atoms with Crippen molar-refractivity contribution in [2.24, 2.45) is 0 Å². The van der Waals surface area contributed by atoms with Gasteiger partial charge in [-0.05, 0) is 26.3 Å². The summed E-state index contributed by atoms with van der Waals surface area (Å²) in [5.41, 5.74) is 0.551. The molecule has 1 amide bonds. The van der Waals surface area contributed by atoms with E-state index in [1.807, 2.05) is 51.1 Å². The van der Waals surface area contributed by atoms with E-state index in [-0.39, 0.29) is 11.4 Å².